The van der Waals surface area contributed by atoms with Crippen molar-refractivity contribution in [2.24, 2.45) is 23.7 Å². The minimum absolute atomic E-state index is 0.837. The molecule has 4 rings (SSSR count). The van der Waals surface area contributed by atoms with Crippen LogP contribution in [0.25, 0.3) is 0 Å². The van der Waals surface area contributed by atoms with Crippen molar-refractivity contribution in [3.8, 4) is 0 Å². The van der Waals surface area contributed by atoms with E-state index in [-0.39, 0.29) is 0 Å². The van der Waals surface area contributed by atoms with Gasteiger partial charge in [-0.3, -0.25) is 0 Å². The first kappa shape index (κ1) is 13.8. The van der Waals surface area contributed by atoms with E-state index in [9.17, 15) is 0 Å². The van der Waals surface area contributed by atoms with Crippen LogP contribution in [0, 0.1) is 23.7 Å². The first-order valence-corrected chi connectivity index (χ1v) is 8.17. The Morgan fingerprint density at radius 2 is 1.63 bits per heavy atom. The molecule has 0 aromatic carbocycles. The van der Waals surface area contributed by atoms with Crippen LogP contribution in [-0.2, 0) is 4.74 Å². The Bertz CT molecular complexity index is 266. The standard InChI is InChI=1S/C16H30N2O/c1-18(5-6-19-2)4-3-17-16-14-8-12-7-13(10-14)11-15(16)9-12/h12-17H,3-11H2,1-2H3. The van der Waals surface area contributed by atoms with Crippen molar-refractivity contribution in [3.05, 3.63) is 0 Å². The lowest BCUT2D eigenvalue weighted by atomic mass is 9.54. The fourth-order valence-electron chi connectivity index (χ4n) is 5.04. The molecule has 0 saturated heterocycles. The largest absolute Gasteiger partial charge is 0.383 e. The summed E-state index contributed by atoms with van der Waals surface area (Å²) < 4.78 is 5.12. The molecule has 3 nitrogen and oxygen atoms in total. The van der Waals surface area contributed by atoms with Crippen molar-refractivity contribution in [1.82, 2.24) is 10.2 Å². The van der Waals surface area contributed by atoms with Crippen molar-refractivity contribution in [3.63, 3.8) is 0 Å². The maximum Gasteiger partial charge on any atom is 0.0589 e. The number of methoxy groups -OCH3 is 1. The zero-order chi connectivity index (χ0) is 13.2. The molecule has 0 heterocycles. The minimum atomic E-state index is 0.837. The van der Waals surface area contributed by atoms with Gasteiger partial charge in [-0.25, -0.2) is 0 Å². The van der Waals surface area contributed by atoms with E-state index in [0.29, 0.717) is 0 Å². The van der Waals surface area contributed by atoms with Crippen LogP contribution in [0.1, 0.15) is 32.1 Å². The quantitative estimate of drug-likeness (QED) is 0.762. The number of hydrogen-bond donors (Lipinski definition) is 1. The smallest absolute Gasteiger partial charge is 0.0589 e. The first-order chi connectivity index (χ1) is 9.26. The molecule has 0 unspecified atom stereocenters. The van der Waals surface area contributed by atoms with Crippen LogP contribution >= 0.6 is 0 Å². The van der Waals surface area contributed by atoms with Crippen LogP contribution in [0.5, 0.6) is 0 Å². The van der Waals surface area contributed by atoms with Crippen molar-refractivity contribution in [2.75, 3.05) is 40.4 Å². The summed E-state index contributed by atoms with van der Waals surface area (Å²) in [6, 6.07) is 0.837. The van der Waals surface area contributed by atoms with Crippen LogP contribution in [0.15, 0.2) is 0 Å². The maximum absolute atomic E-state index is 5.12. The van der Waals surface area contributed by atoms with Gasteiger partial charge in [0.2, 0.25) is 0 Å². The molecule has 4 aliphatic rings. The summed E-state index contributed by atoms with van der Waals surface area (Å²) in [5, 5.41) is 3.89. The summed E-state index contributed by atoms with van der Waals surface area (Å²) >= 11 is 0. The highest BCUT2D eigenvalue weighted by Gasteiger charge is 2.47. The molecule has 0 aliphatic heterocycles. The predicted octanol–water partition coefficient (Wildman–Crippen LogP) is 1.98. The number of nitrogens with zero attached hydrogens (tertiary/aromatic N) is 1. The molecule has 0 amide bonds. The zero-order valence-electron chi connectivity index (χ0n) is 12.6. The van der Waals surface area contributed by atoms with E-state index in [1.165, 1.54) is 25.7 Å². The average Bonchev–Trinajstić information content (AvgIpc) is 2.38. The summed E-state index contributed by atoms with van der Waals surface area (Å²) in [5.41, 5.74) is 0. The number of rotatable bonds is 7. The van der Waals surface area contributed by atoms with Gasteiger partial charge >= 0.3 is 0 Å². The second kappa shape index (κ2) is 6.11. The molecule has 4 bridgehead atoms. The Balaban J connectivity index is 1.41. The van der Waals surface area contributed by atoms with Gasteiger partial charge in [-0.05, 0) is 62.8 Å². The van der Waals surface area contributed by atoms with Crippen LogP contribution in [0.4, 0.5) is 0 Å². The lowest BCUT2D eigenvalue weighted by Crippen LogP contribution is -2.55. The van der Waals surface area contributed by atoms with Gasteiger partial charge in [-0.15, -0.1) is 0 Å². The van der Waals surface area contributed by atoms with E-state index in [1.54, 1.807) is 13.5 Å². The molecule has 1 N–H and O–H groups in total. The van der Waals surface area contributed by atoms with Crippen LogP contribution < -0.4 is 5.32 Å². The fraction of sp³-hybridized carbons (Fsp3) is 1.00. The predicted molar refractivity (Wildman–Crippen MR) is 78.2 cm³/mol. The highest BCUT2D eigenvalue weighted by Crippen LogP contribution is 2.53. The Morgan fingerprint density at radius 3 is 2.21 bits per heavy atom. The summed E-state index contributed by atoms with van der Waals surface area (Å²) in [6.07, 6.45) is 7.63. The SMILES string of the molecule is COCCN(C)CCNC1C2CC3CC(C2)CC1C3. The summed E-state index contributed by atoms with van der Waals surface area (Å²) in [7, 11) is 3.97. The fourth-order valence-corrected chi connectivity index (χ4v) is 5.04. The van der Waals surface area contributed by atoms with Gasteiger partial charge in [0.05, 0.1) is 6.61 Å². The Labute approximate surface area is 118 Å². The number of nitrogens with one attached hydrogen (secondary N) is 1. The zero-order valence-corrected chi connectivity index (χ0v) is 12.6. The Morgan fingerprint density at radius 1 is 1.00 bits per heavy atom. The van der Waals surface area contributed by atoms with Crippen molar-refractivity contribution in [2.45, 2.75) is 38.1 Å². The van der Waals surface area contributed by atoms with E-state index < -0.39 is 0 Å². The average molecular weight is 266 g/mol. The van der Waals surface area contributed by atoms with Gasteiger partial charge < -0.3 is 15.0 Å². The van der Waals surface area contributed by atoms with Gasteiger partial charge in [0, 0.05) is 32.8 Å². The van der Waals surface area contributed by atoms with E-state index in [4.69, 9.17) is 4.74 Å². The number of ether oxygens (including phenoxy) is 1. The van der Waals surface area contributed by atoms with E-state index >= 15 is 0 Å². The van der Waals surface area contributed by atoms with Crippen molar-refractivity contribution in [1.29, 1.82) is 0 Å². The second-order valence-electron chi connectivity index (χ2n) is 7.21. The van der Waals surface area contributed by atoms with E-state index in [1.807, 2.05) is 0 Å². The molecule has 3 heteroatoms. The molecule has 4 aliphatic carbocycles. The molecule has 110 valence electrons. The Kier molecular flexibility index (Phi) is 4.45. The third-order valence-corrected chi connectivity index (χ3v) is 5.78. The van der Waals surface area contributed by atoms with Crippen molar-refractivity contribution >= 4 is 0 Å². The molecular formula is C16H30N2O. The maximum atomic E-state index is 5.12. The van der Waals surface area contributed by atoms with E-state index in [2.05, 4.69) is 17.3 Å². The third kappa shape index (κ3) is 3.14. The van der Waals surface area contributed by atoms with Crippen LogP contribution in [0.3, 0.4) is 0 Å². The molecule has 0 aromatic heterocycles. The molecule has 4 saturated carbocycles. The highest BCUT2D eigenvalue weighted by atomic mass is 16.5. The topological polar surface area (TPSA) is 24.5 Å². The molecule has 0 aromatic rings. The second-order valence-corrected chi connectivity index (χ2v) is 7.21. The monoisotopic (exact) mass is 266 g/mol. The number of hydrogen-bond acceptors (Lipinski definition) is 3. The molecule has 4 fully saturated rings. The van der Waals surface area contributed by atoms with E-state index in [0.717, 1.165) is 56.0 Å². The first-order valence-electron chi connectivity index (χ1n) is 8.17. The third-order valence-electron chi connectivity index (χ3n) is 5.78. The minimum Gasteiger partial charge on any atom is -0.383 e. The van der Waals surface area contributed by atoms with Gasteiger partial charge in [-0.2, -0.15) is 0 Å². The lowest BCUT2D eigenvalue weighted by Gasteiger charge is -2.54. The molecule has 0 atom stereocenters. The molecule has 0 spiro atoms. The van der Waals surface area contributed by atoms with Crippen molar-refractivity contribution < 1.29 is 4.74 Å². The lowest BCUT2D eigenvalue weighted by molar-refractivity contribution is -0.0140. The molecule has 19 heavy (non-hydrogen) atoms. The van der Waals surface area contributed by atoms with Crippen LogP contribution in [0.2, 0.25) is 0 Å². The highest BCUT2D eigenvalue weighted by molar-refractivity contribution is 5.01. The molecule has 0 radical (unpaired) electrons. The normalized spacial score (nSPS) is 40.3. The molecular weight excluding hydrogens is 236 g/mol. The van der Waals surface area contributed by atoms with Gasteiger partial charge in [0.1, 0.15) is 0 Å². The summed E-state index contributed by atoms with van der Waals surface area (Å²) in [4.78, 5) is 2.37. The van der Waals surface area contributed by atoms with Gasteiger partial charge in [0.25, 0.3) is 0 Å². The summed E-state index contributed by atoms with van der Waals surface area (Å²) in [6.45, 7) is 4.17. The Hall–Kier alpha value is -0.120. The van der Waals surface area contributed by atoms with Gasteiger partial charge in [0.15, 0.2) is 0 Å². The summed E-state index contributed by atoms with van der Waals surface area (Å²) in [5.74, 6) is 4.18. The van der Waals surface area contributed by atoms with Crippen LogP contribution in [-0.4, -0.2) is 51.3 Å². The number of likely N-dealkylation sites (N-methyl/N-ethyl adjacent to an activating group) is 1. The van der Waals surface area contributed by atoms with Gasteiger partial charge in [-0.1, -0.05) is 0 Å².